The van der Waals surface area contributed by atoms with E-state index >= 15 is 0 Å². The maximum Gasteiger partial charge on any atom is 0.194 e. The highest BCUT2D eigenvalue weighted by Gasteiger charge is 2.22. The van der Waals surface area contributed by atoms with Gasteiger partial charge in [0.2, 0.25) is 0 Å². The Labute approximate surface area is 156 Å². The summed E-state index contributed by atoms with van der Waals surface area (Å²) in [6.07, 6.45) is 1.86. The molecule has 3 rings (SSSR count). The van der Waals surface area contributed by atoms with Gasteiger partial charge >= 0.3 is 0 Å². The summed E-state index contributed by atoms with van der Waals surface area (Å²) in [6.45, 7) is 8.01. The van der Waals surface area contributed by atoms with Crippen LogP contribution in [0.15, 0.2) is 29.4 Å². The number of nitrogens with one attached hydrogen (secondary N) is 1. The molecule has 0 atom stereocenters. The van der Waals surface area contributed by atoms with Gasteiger partial charge in [-0.2, -0.15) is 0 Å². The highest BCUT2D eigenvalue weighted by Crippen LogP contribution is 2.22. The van der Waals surface area contributed by atoms with Gasteiger partial charge in [0.25, 0.3) is 0 Å². The van der Waals surface area contributed by atoms with Crippen molar-refractivity contribution in [2.75, 3.05) is 37.6 Å². The fraction of sp³-hybridized carbons (Fsp3) is 0.444. The van der Waals surface area contributed by atoms with E-state index in [9.17, 15) is 8.78 Å². The van der Waals surface area contributed by atoms with Crippen molar-refractivity contribution in [3.63, 3.8) is 0 Å². The summed E-state index contributed by atoms with van der Waals surface area (Å²) < 4.78 is 27.4. The van der Waals surface area contributed by atoms with E-state index < -0.39 is 5.82 Å². The molecule has 1 saturated heterocycles. The van der Waals surface area contributed by atoms with Gasteiger partial charge in [0.15, 0.2) is 5.96 Å². The van der Waals surface area contributed by atoms with E-state index in [1.165, 1.54) is 12.1 Å². The van der Waals surface area contributed by atoms with Gasteiger partial charge in [-0.3, -0.25) is 0 Å². The molecule has 0 radical (unpaired) electrons. The van der Waals surface area contributed by atoms with Crippen LogP contribution in [0.25, 0.3) is 0 Å². The molecule has 8 heteroatoms. The molecule has 0 amide bonds. The van der Waals surface area contributed by atoms with E-state index in [1.54, 1.807) is 11.3 Å². The van der Waals surface area contributed by atoms with E-state index in [4.69, 9.17) is 4.99 Å². The van der Waals surface area contributed by atoms with Crippen LogP contribution in [0.5, 0.6) is 0 Å². The summed E-state index contributed by atoms with van der Waals surface area (Å²) in [4.78, 5) is 14.1. The molecule has 1 aromatic heterocycles. The molecule has 2 aromatic rings. The van der Waals surface area contributed by atoms with Gasteiger partial charge in [0.05, 0.1) is 17.2 Å². The standard InChI is InChI=1S/C18H23F2N5S/c1-3-21-18(23-12-15-11-22-13(2)26-15)25-8-6-24(7-9-25)17-10-14(19)4-5-16(17)20/h4-5,10-11H,3,6-9,12H2,1-2H3,(H,21,23). The summed E-state index contributed by atoms with van der Waals surface area (Å²) in [6, 6.07) is 3.59. The smallest absolute Gasteiger partial charge is 0.194 e. The lowest BCUT2D eigenvalue weighted by Gasteiger charge is -2.37. The number of aromatic nitrogens is 1. The number of anilines is 1. The first-order chi connectivity index (χ1) is 12.6. The predicted molar refractivity (Wildman–Crippen MR) is 102 cm³/mol. The second-order valence-electron chi connectivity index (χ2n) is 6.09. The Balaban J connectivity index is 1.65. The van der Waals surface area contributed by atoms with Crippen molar-refractivity contribution in [1.29, 1.82) is 0 Å². The summed E-state index contributed by atoms with van der Waals surface area (Å²) in [5.74, 6) is 0.0393. The van der Waals surface area contributed by atoms with Crippen molar-refractivity contribution in [2.45, 2.75) is 20.4 Å². The van der Waals surface area contributed by atoms with E-state index in [2.05, 4.69) is 15.2 Å². The Morgan fingerprint density at radius 2 is 2.04 bits per heavy atom. The van der Waals surface area contributed by atoms with Gasteiger partial charge in [-0.05, 0) is 26.0 Å². The molecule has 1 fully saturated rings. The number of aliphatic imine (C=N–C) groups is 1. The fourth-order valence-electron chi connectivity index (χ4n) is 2.94. The number of rotatable bonds is 4. The summed E-state index contributed by atoms with van der Waals surface area (Å²) >= 11 is 1.65. The second kappa shape index (κ2) is 8.44. The number of guanidine groups is 1. The molecule has 1 aromatic carbocycles. The van der Waals surface area contributed by atoms with Crippen molar-refractivity contribution >= 4 is 23.0 Å². The van der Waals surface area contributed by atoms with Crippen LogP contribution in [-0.2, 0) is 6.54 Å². The minimum Gasteiger partial charge on any atom is -0.366 e. The Morgan fingerprint density at radius 3 is 2.69 bits per heavy atom. The lowest BCUT2D eigenvalue weighted by molar-refractivity contribution is 0.370. The van der Waals surface area contributed by atoms with Crippen LogP contribution >= 0.6 is 11.3 Å². The first-order valence-corrected chi connectivity index (χ1v) is 9.53. The number of hydrogen-bond acceptors (Lipinski definition) is 4. The Morgan fingerprint density at radius 1 is 1.27 bits per heavy atom. The molecular weight excluding hydrogens is 356 g/mol. The largest absolute Gasteiger partial charge is 0.366 e. The number of thiazole rings is 1. The molecule has 0 saturated carbocycles. The van der Waals surface area contributed by atoms with Crippen LogP contribution in [0.4, 0.5) is 14.5 Å². The first-order valence-electron chi connectivity index (χ1n) is 8.71. The SMILES string of the molecule is CCNC(=NCc1cnc(C)s1)N1CCN(c2cc(F)ccc2F)CC1. The molecule has 26 heavy (non-hydrogen) atoms. The average Bonchev–Trinajstić information content (AvgIpc) is 3.06. The van der Waals surface area contributed by atoms with Gasteiger partial charge in [0.1, 0.15) is 11.6 Å². The zero-order valence-electron chi connectivity index (χ0n) is 15.0. The fourth-order valence-corrected chi connectivity index (χ4v) is 3.66. The minimum atomic E-state index is -0.418. The highest BCUT2D eigenvalue weighted by molar-refractivity contribution is 7.11. The number of halogens is 2. The first kappa shape index (κ1) is 18.6. The van der Waals surface area contributed by atoms with E-state index in [1.807, 2.05) is 24.9 Å². The third-order valence-electron chi connectivity index (χ3n) is 4.22. The van der Waals surface area contributed by atoms with Crippen molar-refractivity contribution in [2.24, 2.45) is 4.99 Å². The molecule has 0 bridgehead atoms. The van der Waals surface area contributed by atoms with Crippen LogP contribution in [0, 0.1) is 18.6 Å². The van der Waals surface area contributed by atoms with Gasteiger partial charge in [-0.15, -0.1) is 11.3 Å². The Bertz CT molecular complexity index is 769. The van der Waals surface area contributed by atoms with Gasteiger partial charge in [-0.25, -0.2) is 18.8 Å². The lowest BCUT2D eigenvalue weighted by atomic mass is 10.2. The zero-order valence-corrected chi connectivity index (χ0v) is 15.8. The Kier molecular flexibility index (Phi) is 6.03. The normalized spacial score (nSPS) is 15.5. The third kappa shape index (κ3) is 4.49. The molecular formula is C18H23F2N5S. The van der Waals surface area contributed by atoms with E-state index in [-0.39, 0.29) is 5.82 Å². The maximum absolute atomic E-state index is 14.0. The van der Waals surface area contributed by atoms with E-state index in [0.29, 0.717) is 38.4 Å². The summed E-state index contributed by atoms with van der Waals surface area (Å²) in [5.41, 5.74) is 0.326. The third-order valence-corrected chi connectivity index (χ3v) is 5.11. The molecule has 2 heterocycles. The molecule has 1 N–H and O–H groups in total. The predicted octanol–water partition coefficient (Wildman–Crippen LogP) is 3.02. The van der Waals surface area contributed by atoms with Crippen molar-refractivity contribution < 1.29 is 8.78 Å². The number of piperazine rings is 1. The number of aryl methyl sites for hydroxylation is 1. The molecule has 5 nitrogen and oxygen atoms in total. The van der Waals surface area contributed by atoms with Gasteiger partial charge < -0.3 is 15.1 Å². The topological polar surface area (TPSA) is 43.8 Å². The quantitative estimate of drug-likeness (QED) is 0.655. The number of hydrogen-bond donors (Lipinski definition) is 1. The molecule has 140 valence electrons. The van der Waals surface area contributed by atoms with Crippen LogP contribution < -0.4 is 10.2 Å². The lowest BCUT2D eigenvalue weighted by Crippen LogP contribution is -2.52. The van der Waals surface area contributed by atoms with Crippen LogP contribution in [0.1, 0.15) is 16.8 Å². The number of benzene rings is 1. The van der Waals surface area contributed by atoms with E-state index in [0.717, 1.165) is 28.5 Å². The summed E-state index contributed by atoms with van der Waals surface area (Å²) in [7, 11) is 0. The van der Waals surface area contributed by atoms with Crippen molar-refractivity contribution in [1.82, 2.24) is 15.2 Å². The molecule has 0 spiro atoms. The molecule has 1 aliphatic heterocycles. The van der Waals surface area contributed by atoms with Crippen LogP contribution in [0.2, 0.25) is 0 Å². The molecule has 0 unspecified atom stereocenters. The monoisotopic (exact) mass is 379 g/mol. The average molecular weight is 379 g/mol. The zero-order chi connectivity index (χ0) is 18.5. The number of nitrogens with zero attached hydrogens (tertiary/aromatic N) is 4. The van der Waals surface area contributed by atoms with Gasteiger partial charge in [0, 0.05) is 49.9 Å². The second-order valence-corrected chi connectivity index (χ2v) is 7.40. The molecule has 1 aliphatic rings. The van der Waals surface area contributed by atoms with Gasteiger partial charge in [-0.1, -0.05) is 0 Å². The van der Waals surface area contributed by atoms with Crippen molar-refractivity contribution in [3.8, 4) is 0 Å². The van der Waals surface area contributed by atoms with Crippen molar-refractivity contribution in [3.05, 3.63) is 45.9 Å². The Hall–Kier alpha value is -2.22. The maximum atomic E-state index is 14.0. The van der Waals surface area contributed by atoms with Crippen LogP contribution in [0.3, 0.4) is 0 Å². The highest BCUT2D eigenvalue weighted by atomic mass is 32.1. The minimum absolute atomic E-state index is 0.326. The summed E-state index contributed by atoms with van der Waals surface area (Å²) in [5, 5.41) is 4.35. The van der Waals surface area contributed by atoms with Crippen LogP contribution in [-0.4, -0.2) is 48.6 Å². The molecule has 0 aliphatic carbocycles.